The largest absolute Gasteiger partial charge is 0.387 e. The summed E-state index contributed by atoms with van der Waals surface area (Å²) in [6.07, 6.45) is 2.56. The lowest BCUT2D eigenvalue weighted by molar-refractivity contribution is 0.657. The molecule has 1 rings (SSSR count). The van der Waals surface area contributed by atoms with Crippen LogP contribution in [0.3, 0.4) is 0 Å². The van der Waals surface area contributed by atoms with Crippen molar-refractivity contribution in [2.75, 3.05) is 0 Å². The van der Waals surface area contributed by atoms with E-state index in [1.165, 1.54) is 12.8 Å². The molecule has 1 aliphatic rings. The van der Waals surface area contributed by atoms with Crippen LogP contribution < -0.4 is 5.73 Å². The lowest BCUT2D eigenvalue weighted by Crippen LogP contribution is -2.20. The smallest absolute Gasteiger partial charge is 0.0936 e. The standard InChI is InChI=1S/C6H12N2/c1-4(6(7)8)5-2-3-5/h4-5H,2-3H2,1H3,(H3,7,8)/t4-/m0/s1. The molecule has 0 unspecified atom stereocenters. The summed E-state index contributed by atoms with van der Waals surface area (Å²) in [5.74, 6) is 1.44. The SMILES string of the molecule is C[C@H](C(=N)N)C1CC1. The molecular weight excluding hydrogens is 100 g/mol. The first kappa shape index (κ1) is 5.60. The second-order valence-corrected chi connectivity index (χ2v) is 2.58. The lowest BCUT2D eigenvalue weighted by Gasteiger charge is -2.04. The summed E-state index contributed by atoms with van der Waals surface area (Å²) < 4.78 is 0. The number of hydrogen-bond acceptors (Lipinski definition) is 1. The van der Waals surface area contributed by atoms with Gasteiger partial charge >= 0.3 is 0 Å². The lowest BCUT2D eigenvalue weighted by atomic mass is 10.1. The van der Waals surface area contributed by atoms with Crippen LogP contribution in [0.4, 0.5) is 0 Å². The van der Waals surface area contributed by atoms with Crippen molar-refractivity contribution in [3.05, 3.63) is 0 Å². The van der Waals surface area contributed by atoms with E-state index in [4.69, 9.17) is 11.1 Å². The number of rotatable bonds is 2. The van der Waals surface area contributed by atoms with Gasteiger partial charge in [0.1, 0.15) is 0 Å². The highest BCUT2D eigenvalue weighted by molar-refractivity contribution is 5.79. The zero-order valence-corrected chi connectivity index (χ0v) is 5.15. The topological polar surface area (TPSA) is 49.9 Å². The molecule has 1 atom stereocenters. The molecule has 0 aromatic rings. The van der Waals surface area contributed by atoms with Crippen LogP contribution in [-0.2, 0) is 0 Å². The molecule has 1 fully saturated rings. The summed E-state index contributed by atoms with van der Waals surface area (Å²) in [6, 6.07) is 0. The Morgan fingerprint density at radius 3 is 2.38 bits per heavy atom. The number of nitrogens with one attached hydrogen (secondary N) is 1. The Morgan fingerprint density at radius 1 is 1.75 bits per heavy atom. The van der Waals surface area contributed by atoms with Gasteiger partial charge in [0.05, 0.1) is 5.84 Å². The molecule has 0 aromatic heterocycles. The van der Waals surface area contributed by atoms with E-state index in [0.29, 0.717) is 11.8 Å². The van der Waals surface area contributed by atoms with E-state index in [-0.39, 0.29) is 0 Å². The Balaban J connectivity index is 2.32. The molecule has 0 saturated heterocycles. The average Bonchev–Trinajstić information content (AvgIpc) is 2.43. The van der Waals surface area contributed by atoms with Gasteiger partial charge in [-0.15, -0.1) is 0 Å². The zero-order valence-electron chi connectivity index (χ0n) is 5.15. The first-order chi connectivity index (χ1) is 3.72. The van der Waals surface area contributed by atoms with E-state index in [1.54, 1.807) is 0 Å². The first-order valence-corrected chi connectivity index (χ1v) is 3.05. The molecule has 46 valence electrons. The molecule has 0 aromatic carbocycles. The van der Waals surface area contributed by atoms with Crippen LogP contribution in [0.5, 0.6) is 0 Å². The van der Waals surface area contributed by atoms with E-state index in [1.807, 2.05) is 6.92 Å². The van der Waals surface area contributed by atoms with Gasteiger partial charge in [0.25, 0.3) is 0 Å². The summed E-state index contributed by atoms with van der Waals surface area (Å²) >= 11 is 0. The average molecular weight is 112 g/mol. The predicted molar refractivity (Wildman–Crippen MR) is 33.8 cm³/mol. The second-order valence-electron chi connectivity index (χ2n) is 2.58. The third-order valence-corrected chi connectivity index (χ3v) is 1.82. The molecule has 1 saturated carbocycles. The third kappa shape index (κ3) is 0.997. The van der Waals surface area contributed by atoms with Crippen molar-refractivity contribution < 1.29 is 0 Å². The van der Waals surface area contributed by atoms with Crippen LogP contribution in [0.15, 0.2) is 0 Å². The summed E-state index contributed by atoms with van der Waals surface area (Å²) in [4.78, 5) is 0. The van der Waals surface area contributed by atoms with Gasteiger partial charge in [0, 0.05) is 5.92 Å². The minimum atomic E-state index is 0.343. The van der Waals surface area contributed by atoms with Crippen LogP contribution in [0.1, 0.15) is 19.8 Å². The molecule has 8 heavy (non-hydrogen) atoms. The fraction of sp³-hybridized carbons (Fsp3) is 0.833. The molecule has 2 nitrogen and oxygen atoms in total. The van der Waals surface area contributed by atoms with E-state index < -0.39 is 0 Å². The minimum Gasteiger partial charge on any atom is -0.387 e. The fourth-order valence-electron chi connectivity index (χ4n) is 0.850. The van der Waals surface area contributed by atoms with E-state index in [9.17, 15) is 0 Å². The first-order valence-electron chi connectivity index (χ1n) is 3.05. The van der Waals surface area contributed by atoms with Crippen molar-refractivity contribution in [1.29, 1.82) is 5.41 Å². The van der Waals surface area contributed by atoms with Crippen LogP contribution >= 0.6 is 0 Å². The number of hydrogen-bond donors (Lipinski definition) is 2. The monoisotopic (exact) mass is 112 g/mol. The maximum atomic E-state index is 7.05. The molecular formula is C6H12N2. The highest BCUT2D eigenvalue weighted by Gasteiger charge is 2.29. The molecule has 2 heteroatoms. The molecule has 0 bridgehead atoms. The summed E-state index contributed by atoms with van der Waals surface area (Å²) in [5, 5.41) is 7.05. The van der Waals surface area contributed by atoms with Crippen molar-refractivity contribution in [1.82, 2.24) is 0 Å². The number of nitrogens with two attached hydrogens (primary N) is 1. The van der Waals surface area contributed by atoms with Crippen molar-refractivity contribution in [2.24, 2.45) is 17.6 Å². The number of amidine groups is 1. The predicted octanol–water partition coefficient (Wildman–Crippen LogP) is 0.968. The Bertz CT molecular complexity index is 105. The summed E-state index contributed by atoms with van der Waals surface area (Å²) in [5.41, 5.74) is 5.26. The highest BCUT2D eigenvalue weighted by atomic mass is 14.7. The van der Waals surface area contributed by atoms with Gasteiger partial charge in [-0.25, -0.2) is 0 Å². The van der Waals surface area contributed by atoms with Crippen LogP contribution in [0, 0.1) is 17.2 Å². The molecule has 0 aliphatic heterocycles. The molecule has 0 radical (unpaired) electrons. The maximum Gasteiger partial charge on any atom is 0.0936 e. The van der Waals surface area contributed by atoms with Gasteiger partial charge in [-0.05, 0) is 18.8 Å². The van der Waals surface area contributed by atoms with E-state index >= 15 is 0 Å². The molecule has 1 aliphatic carbocycles. The molecule has 0 heterocycles. The Labute approximate surface area is 49.6 Å². The van der Waals surface area contributed by atoms with Gasteiger partial charge in [-0.3, -0.25) is 5.41 Å². The van der Waals surface area contributed by atoms with Crippen LogP contribution in [-0.4, -0.2) is 5.84 Å². The van der Waals surface area contributed by atoms with Gasteiger partial charge in [-0.2, -0.15) is 0 Å². The highest BCUT2D eigenvalue weighted by Crippen LogP contribution is 2.36. The normalized spacial score (nSPS) is 22.6. The van der Waals surface area contributed by atoms with Gasteiger partial charge in [-0.1, -0.05) is 6.92 Å². The Morgan fingerprint density at radius 2 is 2.25 bits per heavy atom. The molecule has 0 spiro atoms. The molecule has 3 N–H and O–H groups in total. The molecule has 0 amide bonds. The zero-order chi connectivity index (χ0) is 6.15. The van der Waals surface area contributed by atoms with Gasteiger partial charge < -0.3 is 5.73 Å². The van der Waals surface area contributed by atoms with Crippen molar-refractivity contribution in [3.63, 3.8) is 0 Å². The van der Waals surface area contributed by atoms with Crippen LogP contribution in [0.25, 0.3) is 0 Å². The summed E-state index contributed by atoms with van der Waals surface area (Å²) in [7, 11) is 0. The van der Waals surface area contributed by atoms with Crippen molar-refractivity contribution in [3.8, 4) is 0 Å². The van der Waals surface area contributed by atoms with Crippen molar-refractivity contribution in [2.45, 2.75) is 19.8 Å². The minimum absolute atomic E-state index is 0.343. The van der Waals surface area contributed by atoms with Crippen LogP contribution in [0.2, 0.25) is 0 Å². The third-order valence-electron chi connectivity index (χ3n) is 1.82. The van der Waals surface area contributed by atoms with E-state index in [0.717, 1.165) is 5.92 Å². The quantitative estimate of drug-likeness (QED) is 0.406. The Kier molecular flexibility index (Phi) is 1.24. The fourth-order valence-corrected chi connectivity index (χ4v) is 0.850. The van der Waals surface area contributed by atoms with Gasteiger partial charge in [0.15, 0.2) is 0 Å². The second kappa shape index (κ2) is 1.77. The maximum absolute atomic E-state index is 7.05. The van der Waals surface area contributed by atoms with Crippen molar-refractivity contribution >= 4 is 5.84 Å². The Hall–Kier alpha value is -0.530. The van der Waals surface area contributed by atoms with Gasteiger partial charge in [0.2, 0.25) is 0 Å². The summed E-state index contributed by atoms with van der Waals surface area (Å²) in [6.45, 7) is 2.03. The van der Waals surface area contributed by atoms with E-state index in [2.05, 4.69) is 0 Å².